The Kier molecular flexibility index (Phi) is 7.02. The lowest BCUT2D eigenvalue weighted by Crippen LogP contribution is -2.50. The van der Waals surface area contributed by atoms with Gasteiger partial charge in [-0.05, 0) is 25.1 Å². The third-order valence-corrected chi connectivity index (χ3v) is 6.91. The number of amides is 1. The molecule has 0 spiro atoms. The second-order valence-electron chi connectivity index (χ2n) is 6.81. The minimum absolute atomic E-state index is 0.151. The summed E-state index contributed by atoms with van der Waals surface area (Å²) in [7, 11) is -3.51. The van der Waals surface area contributed by atoms with Gasteiger partial charge >= 0.3 is 0 Å². The van der Waals surface area contributed by atoms with Crippen LogP contribution >= 0.6 is 11.6 Å². The topological polar surface area (TPSA) is 82.1 Å². The van der Waals surface area contributed by atoms with Crippen molar-refractivity contribution in [2.75, 3.05) is 32.7 Å². The number of nitrogens with one attached hydrogen (secondary N) is 1. The zero-order valence-electron chi connectivity index (χ0n) is 16.1. The molecule has 1 aliphatic heterocycles. The van der Waals surface area contributed by atoms with E-state index in [1.807, 2.05) is 24.0 Å². The fourth-order valence-corrected chi connectivity index (χ4v) is 4.59. The summed E-state index contributed by atoms with van der Waals surface area (Å²) in [6.45, 7) is 3.70. The highest BCUT2D eigenvalue weighted by Crippen LogP contribution is 2.18. The van der Waals surface area contributed by atoms with Gasteiger partial charge in [-0.15, -0.1) is 0 Å². The number of benzene rings is 2. The average molecular weight is 435 g/mol. The smallest absolute Gasteiger partial charge is 0.254 e. The van der Waals surface area contributed by atoms with Crippen molar-refractivity contribution in [3.63, 3.8) is 0 Å². The molecule has 1 saturated heterocycles. The highest BCUT2D eigenvalue weighted by molar-refractivity contribution is 7.89. The number of hydrazone groups is 1. The first kappa shape index (κ1) is 21.4. The van der Waals surface area contributed by atoms with Crippen LogP contribution in [0.2, 0.25) is 5.02 Å². The molecule has 0 saturated carbocycles. The van der Waals surface area contributed by atoms with Crippen molar-refractivity contribution in [3.8, 4) is 0 Å². The van der Waals surface area contributed by atoms with E-state index in [-0.39, 0.29) is 12.5 Å². The Morgan fingerprint density at radius 2 is 1.76 bits per heavy atom. The molecule has 3 rings (SSSR count). The molecule has 7 nitrogen and oxygen atoms in total. The molecular formula is C20H23ClN4O3S. The molecule has 1 amide bonds. The van der Waals surface area contributed by atoms with Crippen LogP contribution < -0.4 is 5.43 Å². The molecule has 1 N–H and O–H groups in total. The summed E-state index contributed by atoms with van der Waals surface area (Å²) < 4.78 is 26.9. The normalized spacial score (nSPS) is 16.2. The maximum Gasteiger partial charge on any atom is 0.254 e. The fraction of sp³-hybridized carbons (Fsp3) is 0.300. The van der Waals surface area contributed by atoms with Crippen molar-refractivity contribution < 1.29 is 13.2 Å². The summed E-state index contributed by atoms with van der Waals surface area (Å²) in [5, 5.41) is 4.48. The minimum Gasteiger partial charge on any atom is -0.292 e. The summed E-state index contributed by atoms with van der Waals surface area (Å²) in [6.07, 6.45) is 1.49. The Morgan fingerprint density at radius 1 is 1.10 bits per heavy atom. The molecule has 0 unspecified atom stereocenters. The molecule has 0 radical (unpaired) electrons. The van der Waals surface area contributed by atoms with Gasteiger partial charge in [0.15, 0.2) is 0 Å². The van der Waals surface area contributed by atoms with E-state index in [0.717, 1.165) is 5.56 Å². The Labute approximate surface area is 176 Å². The quantitative estimate of drug-likeness (QED) is 0.557. The van der Waals surface area contributed by atoms with Gasteiger partial charge in [-0.1, -0.05) is 47.5 Å². The molecule has 9 heteroatoms. The summed E-state index contributed by atoms with van der Waals surface area (Å²) in [5.41, 5.74) is 4.20. The van der Waals surface area contributed by atoms with Crippen LogP contribution in [0.1, 0.15) is 11.1 Å². The van der Waals surface area contributed by atoms with Crippen molar-refractivity contribution in [2.24, 2.45) is 5.10 Å². The van der Waals surface area contributed by atoms with Crippen molar-refractivity contribution in [2.45, 2.75) is 11.8 Å². The molecule has 0 aliphatic carbocycles. The predicted octanol–water partition coefficient (Wildman–Crippen LogP) is 2.11. The lowest BCUT2D eigenvalue weighted by atomic mass is 10.2. The summed E-state index contributed by atoms with van der Waals surface area (Å²) in [6, 6.07) is 14.0. The van der Waals surface area contributed by atoms with E-state index in [1.165, 1.54) is 10.5 Å². The van der Waals surface area contributed by atoms with E-state index in [2.05, 4.69) is 10.5 Å². The van der Waals surface area contributed by atoms with Gasteiger partial charge in [0.05, 0.1) is 17.7 Å². The molecule has 2 aromatic rings. The lowest BCUT2D eigenvalue weighted by Gasteiger charge is -2.33. The Balaban J connectivity index is 1.48. The number of piperazine rings is 1. The molecule has 0 atom stereocenters. The largest absolute Gasteiger partial charge is 0.292 e. The summed E-state index contributed by atoms with van der Waals surface area (Å²) in [4.78, 5) is 14.3. The number of carbonyl (C=O) groups is 1. The van der Waals surface area contributed by atoms with Gasteiger partial charge in [-0.25, -0.2) is 13.8 Å². The van der Waals surface area contributed by atoms with Crippen molar-refractivity contribution in [1.82, 2.24) is 14.6 Å². The van der Waals surface area contributed by atoms with Gasteiger partial charge < -0.3 is 0 Å². The number of hydrogen-bond donors (Lipinski definition) is 1. The Morgan fingerprint density at radius 3 is 2.41 bits per heavy atom. The molecule has 2 aromatic carbocycles. The van der Waals surface area contributed by atoms with Crippen LogP contribution in [0.5, 0.6) is 0 Å². The zero-order valence-corrected chi connectivity index (χ0v) is 17.7. The maximum atomic E-state index is 12.7. The number of sulfonamides is 1. The zero-order chi connectivity index (χ0) is 20.9. The number of aryl methyl sites for hydroxylation is 1. The molecule has 1 aliphatic rings. The fourth-order valence-electron chi connectivity index (χ4n) is 2.98. The number of hydrogen-bond acceptors (Lipinski definition) is 5. The van der Waals surface area contributed by atoms with Crippen LogP contribution in [-0.2, 0) is 14.8 Å². The first-order chi connectivity index (χ1) is 13.9. The summed E-state index contributed by atoms with van der Waals surface area (Å²) >= 11 is 6.03. The second kappa shape index (κ2) is 9.49. The second-order valence-corrected chi connectivity index (χ2v) is 9.15. The van der Waals surface area contributed by atoms with Crippen molar-refractivity contribution in [1.29, 1.82) is 0 Å². The SMILES string of the molecule is Cc1ccc(S(=O)(=O)N2CCN(CC(=O)N/N=C\c3ccccc3Cl)CC2)cc1. The number of carbonyl (C=O) groups excluding carboxylic acids is 1. The molecular weight excluding hydrogens is 412 g/mol. The predicted molar refractivity (Wildman–Crippen MR) is 114 cm³/mol. The first-order valence-corrected chi connectivity index (χ1v) is 11.0. The van der Waals surface area contributed by atoms with Gasteiger partial charge in [0.25, 0.3) is 5.91 Å². The first-order valence-electron chi connectivity index (χ1n) is 9.22. The molecule has 1 fully saturated rings. The van der Waals surface area contributed by atoms with E-state index in [4.69, 9.17) is 11.6 Å². The monoisotopic (exact) mass is 434 g/mol. The molecule has 1 heterocycles. The van der Waals surface area contributed by atoms with Gasteiger partial charge in [0.1, 0.15) is 0 Å². The Bertz CT molecular complexity index is 985. The highest BCUT2D eigenvalue weighted by atomic mass is 35.5. The van der Waals surface area contributed by atoms with Crippen LogP contribution in [0.4, 0.5) is 0 Å². The maximum absolute atomic E-state index is 12.7. The van der Waals surface area contributed by atoms with E-state index >= 15 is 0 Å². The molecule has 29 heavy (non-hydrogen) atoms. The van der Waals surface area contributed by atoms with Gasteiger partial charge in [0.2, 0.25) is 10.0 Å². The van der Waals surface area contributed by atoms with Crippen LogP contribution in [0, 0.1) is 6.92 Å². The molecule has 0 aromatic heterocycles. The number of halogens is 1. The molecule has 154 valence electrons. The van der Waals surface area contributed by atoms with E-state index in [1.54, 1.807) is 36.4 Å². The van der Waals surface area contributed by atoms with Gasteiger partial charge in [-0.2, -0.15) is 9.41 Å². The lowest BCUT2D eigenvalue weighted by molar-refractivity contribution is -0.122. The average Bonchev–Trinajstić information content (AvgIpc) is 2.70. The van der Waals surface area contributed by atoms with Crippen LogP contribution in [0.15, 0.2) is 58.5 Å². The van der Waals surface area contributed by atoms with E-state index in [0.29, 0.717) is 41.7 Å². The van der Waals surface area contributed by atoms with Crippen LogP contribution in [-0.4, -0.2) is 62.5 Å². The Hall–Kier alpha value is -2.26. The standard InChI is InChI=1S/C20H23ClN4O3S/c1-16-6-8-18(9-7-16)29(27,28)25-12-10-24(11-13-25)15-20(26)23-22-14-17-4-2-3-5-19(17)21/h2-9,14H,10-13,15H2,1H3,(H,23,26)/b22-14-. The third kappa shape index (κ3) is 5.63. The number of nitrogens with zero attached hydrogens (tertiary/aromatic N) is 3. The van der Waals surface area contributed by atoms with Crippen LogP contribution in [0.25, 0.3) is 0 Å². The highest BCUT2D eigenvalue weighted by Gasteiger charge is 2.28. The third-order valence-electron chi connectivity index (χ3n) is 4.66. The van der Waals surface area contributed by atoms with Crippen molar-refractivity contribution in [3.05, 3.63) is 64.7 Å². The summed E-state index contributed by atoms with van der Waals surface area (Å²) in [5.74, 6) is -0.261. The van der Waals surface area contributed by atoms with Gasteiger partial charge in [-0.3, -0.25) is 9.69 Å². The van der Waals surface area contributed by atoms with E-state index in [9.17, 15) is 13.2 Å². The van der Waals surface area contributed by atoms with Gasteiger partial charge in [0, 0.05) is 36.8 Å². The van der Waals surface area contributed by atoms with Crippen molar-refractivity contribution >= 4 is 33.7 Å². The van der Waals surface area contributed by atoms with E-state index < -0.39 is 10.0 Å². The number of rotatable bonds is 6. The molecule has 0 bridgehead atoms. The van der Waals surface area contributed by atoms with Crippen LogP contribution in [0.3, 0.4) is 0 Å². The minimum atomic E-state index is -3.51.